The van der Waals surface area contributed by atoms with E-state index in [0.717, 1.165) is 10.0 Å². The van der Waals surface area contributed by atoms with Gasteiger partial charge >= 0.3 is 0 Å². The molecule has 0 bridgehead atoms. The Hall–Kier alpha value is -2.20. The first-order valence-electron chi connectivity index (χ1n) is 12.2. The molecule has 0 spiro atoms. The summed E-state index contributed by atoms with van der Waals surface area (Å²) in [6.07, 6.45) is 3.32. The van der Waals surface area contributed by atoms with E-state index in [0.29, 0.717) is 61.2 Å². The number of likely N-dealkylation sites (tertiary alicyclic amines) is 2. The molecule has 1 aromatic carbocycles. The van der Waals surface area contributed by atoms with Crippen LogP contribution in [0.2, 0.25) is 10.0 Å². The van der Waals surface area contributed by atoms with Gasteiger partial charge in [-0.15, -0.1) is 0 Å². The zero-order chi connectivity index (χ0) is 26.7. The van der Waals surface area contributed by atoms with Crippen LogP contribution in [-0.2, 0) is 9.59 Å². The Morgan fingerprint density at radius 1 is 1.05 bits per heavy atom. The van der Waals surface area contributed by atoms with Gasteiger partial charge in [0.05, 0.1) is 10.0 Å². The molecule has 2 fully saturated rings. The standard InChI is InChI=1S/C26H29BrCl2N4O4/c1-31(26(37)22-5-3-18(27)13-30-22)23-8-11-33(14-19(23)17-2-4-20(28)21(29)12-17)25(36)16-6-9-32(10-7-16)24(35)15-34/h2-5,12-13,16,19,23,34H,6-11,14-15H2,1H3/t19-,23+/m0/s1. The highest BCUT2D eigenvalue weighted by molar-refractivity contribution is 9.10. The molecule has 2 aliphatic heterocycles. The third-order valence-corrected chi connectivity index (χ3v) is 8.56. The summed E-state index contributed by atoms with van der Waals surface area (Å²) in [6, 6.07) is 8.74. The predicted molar refractivity (Wildman–Crippen MR) is 145 cm³/mol. The molecule has 4 rings (SSSR count). The number of pyridine rings is 1. The van der Waals surface area contributed by atoms with Crippen molar-refractivity contribution in [2.75, 3.05) is 39.8 Å². The Kier molecular flexibility index (Phi) is 9.11. The summed E-state index contributed by atoms with van der Waals surface area (Å²) in [5.41, 5.74) is 1.25. The first kappa shape index (κ1) is 27.8. The zero-order valence-corrected chi connectivity index (χ0v) is 23.5. The molecular weight excluding hydrogens is 583 g/mol. The van der Waals surface area contributed by atoms with Gasteiger partial charge in [-0.05, 0) is 65.0 Å². The van der Waals surface area contributed by atoms with Crippen molar-refractivity contribution in [1.29, 1.82) is 0 Å². The maximum Gasteiger partial charge on any atom is 0.272 e. The minimum Gasteiger partial charge on any atom is -0.387 e. The van der Waals surface area contributed by atoms with Crippen LogP contribution >= 0.6 is 39.1 Å². The number of hydrogen-bond donors (Lipinski definition) is 1. The SMILES string of the molecule is CN(C(=O)c1ccc(Br)cn1)[C@@H]1CCN(C(=O)C2CCN(C(=O)CO)CC2)C[C@H]1c1ccc(Cl)c(Cl)c1. The Labute approximate surface area is 234 Å². The number of aromatic nitrogens is 1. The second-order valence-electron chi connectivity index (χ2n) is 9.51. The highest BCUT2D eigenvalue weighted by Crippen LogP contribution is 2.35. The number of carbonyl (C=O) groups excluding carboxylic acids is 3. The topological polar surface area (TPSA) is 94.1 Å². The van der Waals surface area contributed by atoms with Crippen molar-refractivity contribution >= 4 is 56.9 Å². The van der Waals surface area contributed by atoms with Crippen LogP contribution in [0.25, 0.3) is 0 Å². The molecule has 2 atom stereocenters. The second-order valence-corrected chi connectivity index (χ2v) is 11.2. The minimum absolute atomic E-state index is 0.0585. The van der Waals surface area contributed by atoms with Crippen molar-refractivity contribution in [1.82, 2.24) is 19.7 Å². The number of halogens is 3. The lowest BCUT2D eigenvalue weighted by Gasteiger charge is -2.44. The van der Waals surface area contributed by atoms with E-state index in [9.17, 15) is 14.4 Å². The first-order chi connectivity index (χ1) is 17.7. The summed E-state index contributed by atoms with van der Waals surface area (Å²) in [7, 11) is 1.77. The van der Waals surface area contributed by atoms with Gasteiger partial charge in [-0.25, -0.2) is 4.98 Å². The summed E-state index contributed by atoms with van der Waals surface area (Å²) >= 11 is 15.9. The molecule has 2 aromatic rings. The van der Waals surface area contributed by atoms with E-state index in [1.165, 1.54) is 0 Å². The van der Waals surface area contributed by atoms with Crippen LogP contribution in [0.4, 0.5) is 0 Å². The molecule has 3 amide bonds. The summed E-state index contributed by atoms with van der Waals surface area (Å²) in [5.74, 6) is -0.793. The number of benzene rings is 1. The predicted octanol–water partition coefficient (Wildman–Crippen LogP) is 3.84. The van der Waals surface area contributed by atoms with Gasteiger partial charge in [-0.2, -0.15) is 0 Å². The number of aliphatic hydroxyl groups excluding tert-OH is 1. The van der Waals surface area contributed by atoms with Crippen LogP contribution in [0.15, 0.2) is 41.0 Å². The van der Waals surface area contributed by atoms with Crippen LogP contribution in [-0.4, -0.2) is 88.4 Å². The molecular formula is C26H29BrCl2N4O4. The number of amides is 3. The van der Waals surface area contributed by atoms with E-state index in [4.69, 9.17) is 28.3 Å². The number of rotatable bonds is 5. The molecule has 0 saturated carbocycles. The van der Waals surface area contributed by atoms with Crippen molar-refractivity contribution in [2.45, 2.75) is 31.2 Å². The largest absolute Gasteiger partial charge is 0.387 e. The number of piperidine rings is 2. The van der Waals surface area contributed by atoms with Crippen molar-refractivity contribution in [3.63, 3.8) is 0 Å². The lowest BCUT2D eigenvalue weighted by Crippen LogP contribution is -2.54. The fourth-order valence-electron chi connectivity index (χ4n) is 5.24. The van der Waals surface area contributed by atoms with Crippen LogP contribution in [0.5, 0.6) is 0 Å². The quantitative estimate of drug-likeness (QED) is 0.554. The monoisotopic (exact) mass is 610 g/mol. The molecule has 2 saturated heterocycles. The minimum atomic E-state index is -0.514. The Morgan fingerprint density at radius 2 is 1.76 bits per heavy atom. The van der Waals surface area contributed by atoms with Crippen molar-refractivity contribution in [2.24, 2.45) is 5.92 Å². The molecule has 0 unspecified atom stereocenters. The average Bonchev–Trinajstić information content (AvgIpc) is 2.93. The lowest BCUT2D eigenvalue weighted by atomic mass is 9.84. The summed E-state index contributed by atoms with van der Waals surface area (Å²) < 4.78 is 0.791. The van der Waals surface area contributed by atoms with E-state index in [-0.39, 0.29) is 35.6 Å². The third-order valence-electron chi connectivity index (χ3n) is 7.36. The fourth-order valence-corrected chi connectivity index (χ4v) is 5.78. The maximum atomic E-state index is 13.5. The van der Waals surface area contributed by atoms with Gasteiger partial charge in [0.25, 0.3) is 5.91 Å². The number of hydrogen-bond acceptors (Lipinski definition) is 5. The molecule has 0 radical (unpaired) electrons. The summed E-state index contributed by atoms with van der Waals surface area (Å²) in [5, 5.41) is 9.98. The van der Waals surface area contributed by atoms with E-state index in [1.54, 1.807) is 41.2 Å². The molecule has 37 heavy (non-hydrogen) atoms. The molecule has 8 nitrogen and oxygen atoms in total. The van der Waals surface area contributed by atoms with E-state index in [1.807, 2.05) is 17.0 Å². The highest BCUT2D eigenvalue weighted by atomic mass is 79.9. The Morgan fingerprint density at radius 3 is 2.38 bits per heavy atom. The van der Waals surface area contributed by atoms with Crippen molar-refractivity contribution in [3.05, 3.63) is 62.3 Å². The van der Waals surface area contributed by atoms with Crippen LogP contribution in [0.3, 0.4) is 0 Å². The van der Waals surface area contributed by atoms with E-state index >= 15 is 0 Å². The maximum absolute atomic E-state index is 13.5. The fraction of sp³-hybridized carbons (Fsp3) is 0.462. The van der Waals surface area contributed by atoms with Gasteiger partial charge in [0, 0.05) is 61.8 Å². The summed E-state index contributed by atoms with van der Waals surface area (Å²) in [6.45, 7) is 1.35. The van der Waals surface area contributed by atoms with Crippen LogP contribution < -0.4 is 0 Å². The van der Waals surface area contributed by atoms with Gasteiger partial charge in [0.2, 0.25) is 11.8 Å². The molecule has 1 N–H and O–H groups in total. The van der Waals surface area contributed by atoms with Gasteiger partial charge in [0.15, 0.2) is 0 Å². The average molecular weight is 612 g/mol. The lowest BCUT2D eigenvalue weighted by molar-refractivity contribution is -0.143. The van der Waals surface area contributed by atoms with E-state index < -0.39 is 6.61 Å². The second kappa shape index (κ2) is 12.1. The Balaban J connectivity index is 1.53. The van der Waals surface area contributed by atoms with Crippen LogP contribution in [0.1, 0.15) is 41.2 Å². The normalized spacial score (nSPS) is 20.6. The van der Waals surface area contributed by atoms with Gasteiger partial charge in [-0.3, -0.25) is 14.4 Å². The van der Waals surface area contributed by atoms with Crippen LogP contribution in [0, 0.1) is 5.92 Å². The molecule has 3 heterocycles. The Bertz CT molecular complexity index is 1160. The number of carbonyl (C=O) groups is 3. The smallest absolute Gasteiger partial charge is 0.272 e. The third kappa shape index (κ3) is 6.28. The molecule has 11 heteroatoms. The number of aliphatic hydroxyl groups is 1. The first-order valence-corrected chi connectivity index (χ1v) is 13.8. The van der Waals surface area contributed by atoms with E-state index in [2.05, 4.69) is 20.9 Å². The zero-order valence-electron chi connectivity index (χ0n) is 20.4. The molecule has 0 aliphatic carbocycles. The number of likely N-dealkylation sites (N-methyl/N-ethyl adjacent to an activating group) is 1. The van der Waals surface area contributed by atoms with Gasteiger partial charge in [0.1, 0.15) is 12.3 Å². The van der Waals surface area contributed by atoms with Crippen molar-refractivity contribution in [3.8, 4) is 0 Å². The highest BCUT2D eigenvalue weighted by Gasteiger charge is 2.39. The van der Waals surface area contributed by atoms with Gasteiger partial charge < -0.3 is 19.8 Å². The molecule has 1 aromatic heterocycles. The number of nitrogens with zero attached hydrogens (tertiary/aromatic N) is 4. The molecule has 2 aliphatic rings. The van der Waals surface area contributed by atoms with Gasteiger partial charge in [-0.1, -0.05) is 29.3 Å². The molecule has 198 valence electrons. The van der Waals surface area contributed by atoms with Crippen molar-refractivity contribution < 1.29 is 19.5 Å². The summed E-state index contributed by atoms with van der Waals surface area (Å²) in [4.78, 5) is 48.0.